The fourth-order valence-corrected chi connectivity index (χ4v) is 2.96. The minimum atomic E-state index is -0.824. The molecule has 3 rings (SSSR count). The minimum Gasteiger partial charge on any atom is -0.502 e. The molecule has 0 atom stereocenters. The Kier molecular flexibility index (Phi) is 7.90. The fraction of sp³-hybridized carbons (Fsp3) is 0.130. The minimum absolute atomic E-state index is 0.0137. The number of amides is 1. The summed E-state index contributed by atoms with van der Waals surface area (Å²) in [5, 5.41) is 35.4. The first kappa shape index (κ1) is 24.6. The number of hydrogen-bond acceptors (Lipinski definition) is 9. The number of phenolic OH excluding ortho intramolecular Hbond substituents is 1. The molecule has 0 saturated heterocycles. The van der Waals surface area contributed by atoms with Crippen molar-refractivity contribution >= 4 is 23.5 Å². The molecule has 0 aliphatic heterocycles. The molecule has 0 heterocycles. The Morgan fingerprint density at radius 1 is 1.03 bits per heavy atom. The van der Waals surface area contributed by atoms with Crippen LogP contribution in [0, 0.1) is 20.2 Å². The molecular formula is C23H20N4O8. The predicted octanol–water partition coefficient (Wildman–Crippen LogP) is 3.95. The van der Waals surface area contributed by atoms with Crippen LogP contribution in [0.2, 0.25) is 0 Å². The van der Waals surface area contributed by atoms with Gasteiger partial charge in [0.25, 0.3) is 11.6 Å². The molecule has 0 fully saturated rings. The van der Waals surface area contributed by atoms with E-state index in [0.29, 0.717) is 23.7 Å². The highest BCUT2D eigenvalue weighted by Crippen LogP contribution is 2.30. The third kappa shape index (κ3) is 6.28. The highest BCUT2D eigenvalue weighted by Gasteiger charge is 2.20. The lowest BCUT2D eigenvalue weighted by Gasteiger charge is -2.12. The molecular weight excluding hydrogens is 460 g/mol. The number of nitro benzene ring substituents is 2. The van der Waals surface area contributed by atoms with Crippen LogP contribution in [0.1, 0.15) is 28.4 Å². The second-order valence-electron chi connectivity index (χ2n) is 6.98. The van der Waals surface area contributed by atoms with E-state index < -0.39 is 27.2 Å². The van der Waals surface area contributed by atoms with Gasteiger partial charge in [-0.3, -0.25) is 25.0 Å². The summed E-state index contributed by atoms with van der Waals surface area (Å²) < 4.78 is 11.4. The number of aromatic hydroxyl groups is 1. The second-order valence-corrected chi connectivity index (χ2v) is 6.98. The van der Waals surface area contributed by atoms with E-state index >= 15 is 0 Å². The number of nitrogens with zero attached hydrogens (tertiary/aromatic N) is 3. The van der Waals surface area contributed by atoms with Crippen molar-refractivity contribution in [1.29, 1.82) is 0 Å². The topological polar surface area (TPSA) is 166 Å². The summed E-state index contributed by atoms with van der Waals surface area (Å²) in [6.45, 7) is 2.32. The van der Waals surface area contributed by atoms with Crippen LogP contribution in [0.4, 0.5) is 11.4 Å². The SMILES string of the molecule is CCOc1cc(/C=N\NC(=O)c2cccc([N+](=O)[O-])c2O)ccc1OCc1ccc([N+](=O)[O-])cc1. The molecule has 12 nitrogen and oxygen atoms in total. The lowest BCUT2D eigenvalue weighted by molar-refractivity contribution is -0.385. The van der Waals surface area contributed by atoms with Crippen molar-refractivity contribution < 1.29 is 29.2 Å². The first-order valence-electron chi connectivity index (χ1n) is 10.2. The second kappa shape index (κ2) is 11.2. The Morgan fingerprint density at radius 2 is 1.77 bits per heavy atom. The number of hydrogen-bond donors (Lipinski definition) is 2. The lowest BCUT2D eigenvalue weighted by Crippen LogP contribution is -2.18. The van der Waals surface area contributed by atoms with E-state index in [4.69, 9.17) is 9.47 Å². The number of benzene rings is 3. The van der Waals surface area contributed by atoms with E-state index in [9.17, 15) is 30.1 Å². The van der Waals surface area contributed by atoms with Gasteiger partial charge >= 0.3 is 5.69 Å². The van der Waals surface area contributed by atoms with Crippen molar-refractivity contribution in [2.45, 2.75) is 13.5 Å². The fourth-order valence-electron chi connectivity index (χ4n) is 2.96. The first-order chi connectivity index (χ1) is 16.8. The molecule has 0 bridgehead atoms. The molecule has 180 valence electrons. The predicted molar refractivity (Wildman–Crippen MR) is 125 cm³/mol. The summed E-state index contributed by atoms with van der Waals surface area (Å²) in [6, 6.07) is 14.5. The molecule has 1 amide bonds. The molecule has 0 radical (unpaired) electrons. The van der Waals surface area contributed by atoms with Gasteiger partial charge in [-0.1, -0.05) is 6.07 Å². The highest BCUT2D eigenvalue weighted by atomic mass is 16.6. The van der Waals surface area contributed by atoms with Crippen molar-refractivity contribution in [3.05, 3.63) is 97.6 Å². The molecule has 3 aromatic rings. The molecule has 35 heavy (non-hydrogen) atoms. The number of nitrogens with one attached hydrogen (secondary N) is 1. The number of non-ortho nitro benzene ring substituents is 1. The maximum absolute atomic E-state index is 12.2. The van der Waals surface area contributed by atoms with Gasteiger partial charge in [0.2, 0.25) is 5.75 Å². The van der Waals surface area contributed by atoms with Crippen molar-refractivity contribution in [3.63, 3.8) is 0 Å². The number of rotatable bonds is 10. The van der Waals surface area contributed by atoms with E-state index in [0.717, 1.165) is 11.6 Å². The number of para-hydroxylation sites is 1. The maximum atomic E-state index is 12.2. The molecule has 0 aromatic heterocycles. The number of carbonyl (C=O) groups is 1. The average molecular weight is 480 g/mol. The number of phenols is 1. The van der Waals surface area contributed by atoms with Gasteiger partial charge in [-0.25, -0.2) is 5.43 Å². The number of hydrazone groups is 1. The van der Waals surface area contributed by atoms with Gasteiger partial charge in [0.15, 0.2) is 11.5 Å². The van der Waals surface area contributed by atoms with Crippen molar-refractivity contribution in [2.75, 3.05) is 6.61 Å². The van der Waals surface area contributed by atoms with Crippen LogP contribution in [-0.4, -0.2) is 33.7 Å². The molecule has 2 N–H and O–H groups in total. The normalized spacial score (nSPS) is 10.7. The quantitative estimate of drug-likeness (QED) is 0.250. The average Bonchev–Trinajstić information content (AvgIpc) is 2.84. The van der Waals surface area contributed by atoms with E-state index in [1.807, 2.05) is 0 Å². The molecule has 0 saturated carbocycles. The van der Waals surface area contributed by atoms with Crippen LogP contribution in [0.5, 0.6) is 17.2 Å². The molecule has 3 aromatic carbocycles. The summed E-state index contributed by atoms with van der Waals surface area (Å²) in [5.74, 6) is -0.720. The first-order valence-corrected chi connectivity index (χ1v) is 10.2. The van der Waals surface area contributed by atoms with Crippen LogP contribution in [0.15, 0.2) is 65.8 Å². The Morgan fingerprint density at radius 3 is 2.43 bits per heavy atom. The number of ether oxygens (including phenoxy) is 2. The molecule has 0 spiro atoms. The molecule has 12 heteroatoms. The van der Waals surface area contributed by atoms with Crippen molar-refractivity contribution in [2.24, 2.45) is 5.10 Å². The Hall–Kier alpha value is -5.00. The van der Waals surface area contributed by atoms with E-state index in [-0.39, 0.29) is 17.9 Å². The number of nitro groups is 2. The zero-order valence-corrected chi connectivity index (χ0v) is 18.4. The Balaban J connectivity index is 1.68. The third-order valence-electron chi connectivity index (χ3n) is 4.64. The van der Waals surface area contributed by atoms with Gasteiger partial charge in [-0.05, 0) is 54.4 Å². The zero-order chi connectivity index (χ0) is 25.4. The summed E-state index contributed by atoms with van der Waals surface area (Å²) in [6.07, 6.45) is 1.33. The largest absolute Gasteiger partial charge is 0.502 e. The maximum Gasteiger partial charge on any atom is 0.311 e. The van der Waals surface area contributed by atoms with E-state index in [2.05, 4.69) is 10.5 Å². The van der Waals surface area contributed by atoms with Gasteiger partial charge in [-0.2, -0.15) is 5.10 Å². The van der Waals surface area contributed by atoms with Crippen LogP contribution >= 0.6 is 0 Å². The lowest BCUT2D eigenvalue weighted by atomic mass is 10.1. The van der Waals surface area contributed by atoms with Crippen molar-refractivity contribution in [3.8, 4) is 17.2 Å². The molecule has 0 aliphatic carbocycles. The van der Waals surface area contributed by atoms with Gasteiger partial charge in [0.1, 0.15) is 6.61 Å². The molecule has 0 unspecified atom stereocenters. The highest BCUT2D eigenvalue weighted by molar-refractivity contribution is 5.98. The summed E-state index contributed by atoms with van der Waals surface area (Å²) in [5.41, 5.74) is 2.60. The van der Waals surface area contributed by atoms with Gasteiger partial charge in [0.05, 0.1) is 28.2 Å². The summed E-state index contributed by atoms with van der Waals surface area (Å²) in [4.78, 5) is 32.6. The van der Waals surface area contributed by atoms with Crippen LogP contribution in [-0.2, 0) is 6.61 Å². The van der Waals surface area contributed by atoms with Crippen molar-refractivity contribution in [1.82, 2.24) is 5.43 Å². The number of carbonyl (C=O) groups excluding carboxylic acids is 1. The Bertz CT molecular complexity index is 1280. The van der Waals surface area contributed by atoms with Gasteiger partial charge in [0, 0.05) is 18.2 Å². The Labute approximate surface area is 198 Å². The smallest absolute Gasteiger partial charge is 0.311 e. The summed E-state index contributed by atoms with van der Waals surface area (Å²) in [7, 11) is 0. The zero-order valence-electron chi connectivity index (χ0n) is 18.4. The third-order valence-corrected chi connectivity index (χ3v) is 4.64. The van der Waals surface area contributed by atoms with Gasteiger partial charge in [-0.15, -0.1) is 0 Å². The van der Waals surface area contributed by atoms with Crippen LogP contribution in [0.25, 0.3) is 0 Å². The van der Waals surface area contributed by atoms with E-state index in [1.54, 1.807) is 37.3 Å². The monoisotopic (exact) mass is 480 g/mol. The van der Waals surface area contributed by atoms with E-state index in [1.165, 1.54) is 30.5 Å². The van der Waals surface area contributed by atoms with Crippen LogP contribution < -0.4 is 14.9 Å². The summed E-state index contributed by atoms with van der Waals surface area (Å²) >= 11 is 0. The standard InChI is InChI=1S/C23H20N4O8/c1-2-34-21-12-16(8-11-20(21)35-14-15-6-9-17(10-7-15)26(30)31)13-24-25-23(29)18-4-3-5-19(22(18)28)27(32)33/h3-13,28H,2,14H2,1H3,(H,25,29)/b24-13-. The van der Waals surface area contributed by atoms with Gasteiger partial charge < -0.3 is 14.6 Å². The van der Waals surface area contributed by atoms with Crippen LogP contribution in [0.3, 0.4) is 0 Å². The molecule has 0 aliphatic rings.